The monoisotopic (exact) mass is 305 g/mol. The van der Waals surface area contributed by atoms with Crippen LogP contribution in [0.2, 0.25) is 0 Å². The fourth-order valence-electron chi connectivity index (χ4n) is 3.30. The van der Waals surface area contributed by atoms with E-state index in [9.17, 15) is 0 Å². The molecule has 0 radical (unpaired) electrons. The number of hydrogen-bond acceptors (Lipinski definition) is 4. The number of hydrogen-bond donors (Lipinski definition) is 1. The van der Waals surface area contributed by atoms with Gasteiger partial charge in [-0.2, -0.15) is 11.8 Å². The summed E-state index contributed by atoms with van der Waals surface area (Å²) in [6, 6.07) is 7.36. The number of nitrogens with one attached hydrogen (secondary N) is 1. The second-order valence-corrected chi connectivity index (χ2v) is 7.38. The van der Waals surface area contributed by atoms with Crippen molar-refractivity contribution in [1.29, 1.82) is 0 Å². The molecule has 3 nitrogen and oxygen atoms in total. The predicted molar refractivity (Wildman–Crippen MR) is 93.7 cm³/mol. The van der Waals surface area contributed by atoms with E-state index in [1.54, 1.807) is 0 Å². The van der Waals surface area contributed by atoms with Gasteiger partial charge < -0.3 is 10.2 Å². The summed E-state index contributed by atoms with van der Waals surface area (Å²) >= 11 is 2.09. The van der Waals surface area contributed by atoms with Crippen molar-refractivity contribution in [2.75, 3.05) is 55.7 Å². The molecule has 2 aliphatic rings. The number of rotatable bonds is 3. The van der Waals surface area contributed by atoms with Gasteiger partial charge in [0, 0.05) is 62.5 Å². The molecule has 0 aromatic heterocycles. The van der Waals surface area contributed by atoms with Gasteiger partial charge in [-0.25, -0.2) is 0 Å². The smallest absolute Gasteiger partial charge is 0.0399 e. The van der Waals surface area contributed by atoms with Crippen molar-refractivity contribution in [2.45, 2.75) is 19.9 Å². The van der Waals surface area contributed by atoms with E-state index in [4.69, 9.17) is 0 Å². The number of benzene rings is 1. The van der Waals surface area contributed by atoms with Gasteiger partial charge in [0.1, 0.15) is 0 Å². The number of anilines is 1. The SMILES string of the molecule is Cc1cccc(N2CCN(CC3CSCCN3)CC2)c1C. The van der Waals surface area contributed by atoms with E-state index in [2.05, 4.69) is 58.9 Å². The maximum absolute atomic E-state index is 3.65. The average molecular weight is 305 g/mol. The van der Waals surface area contributed by atoms with Crippen molar-refractivity contribution in [3.8, 4) is 0 Å². The third-order valence-corrected chi connectivity index (χ3v) is 5.90. The van der Waals surface area contributed by atoms with E-state index in [1.165, 1.54) is 54.5 Å². The summed E-state index contributed by atoms with van der Waals surface area (Å²) in [6.07, 6.45) is 0. The Kier molecular flexibility index (Phi) is 5.09. The molecular formula is C17H27N3S. The molecule has 3 rings (SSSR count). The molecule has 2 aliphatic heterocycles. The van der Waals surface area contributed by atoms with Crippen LogP contribution in [-0.4, -0.2) is 61.7 Å². The zero-order valence-electron chi connectivity index (χ0n) is 13.3. The Morgan fingerprint density at radius 3 is 2.71 bits per heavy atom. The van der Waals surface area contributed by atoms with E-state index in [-0.39, 0.29) is 0 Å². The molecule has 116 valence electrons. The molecule has 2 fully saturated rings. The lowest BCUT2D eigenvalue weighted by Crippen LogP contribution is -2.52. The number of thioether (sulfide) groups is 1. The quantitative estimate of drug-likeness (QED) is 0.922. The minimum Gasteiger partial charge on any atom is -0.369 e. The van der Waals surface area contributed by atoms with Gasteiger partial charge in [-0.15, -0.1) is 0 Å². The van der Waals surface area contributed by atoms with Crippen LogP contribution < -0.4 is 10.2 Å². The summed E-state index contributed by atoms with van der Waals surface area (Å²) in [5.74, 6) is 2.55. The molecule has 0 aliphatic carbocycles. The van der Waals surface area contributed by atoms with Gasteiger partial charge in [-0.05, 0) is 31.0 Å². The first-order valence-electron chi connectivity index (χ1n) is 8.08. The lowest BCUT2D eigenvalue weighted by Gasteiger charge is -2.39. The zero-order chi connectivity index (χ0) is 14.7. The average Bonchev–Trinajstić information content (AvgIpc) is 2.52. The number of piperazine rings is 1. The molecule has 1 N–H and O–H groups in total. The van der Waals surface area contributed by atoms with Crippen LogP contribution in [0.4, 0.5) is 5.69 Å². The summed E-state index contributed by atoms with van der Waals surface area (Å²) < 4.78 is 0. The summed E-state index contributed by atoms with van der Waals surface area (Å²) in [7, 11) is 0. The van der Waals surface area contributed by atoms with Gasteiger partial charge >= 0.3 is 0 Å². The predicted octanol–water partition coefficient (Wildman–Crippen LogP) is 2.13. The molecule has 0 bridgehead atoms. The number of aryl methyl sites for hydroxylation is 1. The highest BCUT2D eigenvalue weighted by Gasteiger charge is 2.22. The van der Waals surface area contributed by atoms with Crippen LogP contribution in [0, 0.1) is 13.8 Å². The van der Waals surface area contributed by atoms with Crippen LogP contribution in [0.5, 0.6) is 0 Å². The van der Waals surface area contributed by atoms with Crippen molar-refractivity contribution in [3.63, 3.8) is 0 Å². The minimum absolute atomic E-state index is 0.691. The fourth-order valence-corrected chi connectivity index (χ4v) is 4.23. The van der Waals surface area contributed by atoms with E-state index in [1.807, 2.05) is 0 Å². The maximum Gasteiger partial charge on any atom is 0.0399 e. The van der Waals surface area contributed by atoms with Gasteiger partial charge in [-0.1, -0.05) is 12.1 Å². The molecule has 2 saturated heterocycles. The normalized spacial score (nSPS) is 24.3. The molecule has 1 unspecified atom stereocenters. The zero-order valence-corrected chi connectivity index (χ0v) is 14.1. The summed E-state index contributed by atoms with van der Waals surface area (Å²) in [5.41, 5.74) is 4.27. The Morgan fingerprint density at radius 2 is 2.00 bits per heavy atom. The molecule has 1 atom stereocenters. The first-order chi connectivity index (χ1) is 10.2. The van der Waals surface area contributed by atoms with E-state index < -0.39 is 0 Å². The molecule has 1 aromatic rings. The van der Waals surface area contributed by atoms with Crippen LogP contribution in [-0.2, 0) is 0 Å². The lowest BCUT2D eigenvalue weighted by atomic mass is 10.1. The van der Waals surface area contributed by atoms with E-state index in [0.29, 0.717) is 6.04 Å². The van der Waals surface area contributed by atoms with E-state index in [0.717, 1.165) is 13.1 Å². The molecule has 21 heavy (non-hydrogen) atoms. The largest absolute Gasteiger partial charge is 0.369 e. The highest BCUT2D eigenvalue weighted by Crippen LogP contribution is 2.24. The number of nitrogens with zero attached hydrogens (tertiary/aromatic N) is 2. The molecule has 0 spiro atoms. The van der Waals surface area contributed by atoms with Crippen molar-refractivity contribution in [2.24, 2.45) is 0 Å². The molecule has 0 saturated carbocycles. The van der Waals surface area contributed by atoms with Gasteiger partial charge in [0.15, 0.2) is 0 Å². The van der Waals surface area contributed by atoms with Crippen LogP contribution >= 0.6 is 11.8 Å². The Labute approximate surface area is 133 Å². The van der Waals surface area contributed by atoms with Crippen molar-refractivity contribution >= 4 is 17.4 Å². The van der Waals surface area contributed by atoms with Crippen LogP contribution in [0.1, 0.15) is 11.1 Å². The van der Waals surface area contributed by atoms with Crippen LogP contribution in [0.25, 0.3) is 0 Å². The molecule has 0 amide bonds. The first-order valence-corrected chi connectivity index (χ1v) is 9.24. The second kappa shape index (κ2) is 7.03. The Hall–Kier alpha value is -0.710. The van der Waals surface area contributed by atoms with Gasteiger partial charge in [0.25, 0.3) is 0 Å². The Morgan fingerprint density at radius 1 is 1.19 bits per heavy atom. The Balaban J connectivity index is 1.53. The first kappa shape index (κ1) is 15.2. The fraction of sp³-hybridized carbons (Fsp3) is 0.647. The molecule has 4 heteroatoms. The van der Waals surface area contributed by atoms with Crippen LogP contribution in [0.15, 0.2) is 18.2 Å². The Bertz CT molecular complexity index is 463. The van der Waals surface area contributed by atoms with Gasteiger partial charge in [0.05, 0.1) is 0 Å². The highest BCUT2D eigenvalue weighted by atomic mass is 32.2. The molecule has 1 aromatic carbocycles. The minimum atomic E-state index is 0.691. The van der Waals surface area contributed by atoms with E-state index >= 15 is 0 Å². The molecule has 2 heterocycles. The maximum atomic E-state index is 3.65. The molecular weight excluding hydrogens is 278 g/mol. The van der Waals surface area contributed by atoms with Crippen LogP contribution in [0.3, 0.4) is 0 Å². The lowest BCUT2D eigenvalue weighted by molar-refractivity contribution is 0.235. The van der Waals surface area contributed by atoms with Crippen molar-refractivity contribution in [3.05, 3.63) is 29.3 Å². The summed E-state index contributed by atoms with van der Waals surface area (Å²) in [4.78, 5) is 5.19. The standard InChI is InChI=1S/C17H27N3S/c1-14-4-3-5-17(15(14)2)20-9-7-19(8-10-20)12-16-13-21-11-6-18-16/h3-5,16,18H,6-13H2,1-2H3. The second-order valence-electron chi connectivity index (χ2n) is 6.23. The highest BCUT2D eigenvalue weighted by molar-refractivity contribution is 7.99. The topological polar surface area (TPSA) is 18.5 Å². The van der Waals surface area contributed by atoms with Crippen molar-refractivity contribution < 1.29 is 0 Å². The van der Waals surface area contributed by atoms with Gasteiger partial charge in [0.2, 0.25) is 0 Å². The van der Waals surface area contributed by atoms with Gasteiger partial charge in [-0.3, -0.25) is 4.90 Å². The third kappa shape index (κ3) is 3.74. The third-order valence-electron chi connectivity index (χ3n) is 4.77. The van der Waals surface area contributed by atoms with Crippen molar-refractivity contribution in [1.82, 2.24) is 10.2 Å². The summed E-state index contributed by atoms with van der Waals surface area (Å²) in [6.45, 7) is 11.5. The summed E-state index contributed by atoms with van der Waals surface area (Å²) in [5, 5.41) is 3.65.